The molecule has 1 atom stereocenters. The smallest absolute Gasteiger partial charge is 0.189 e. The fraction of sp³-hybridized carbons (Fsp3) is 0.438. The van der Waals surface area contributed by atoms with E-state index in [1.165, 1.54) is 0 Å². The van der Waals surface area contributed by atoms with Gasteiger partial charge in [0.2, 0.25) is 0 Å². The van der Waals surface area contributed by atoms with Gasteiger partial charge in [0.05, 0.1) is 12.6 Å². The normalized spacial score (nSPS) is 13.8. The molecule has 1 heterocycles. The van der Waals surface area contributed by atoms with Crippen LogP contribution >= 0.6 is 34.5 Å². The highest BCUT2D eigenvalue weighted by molar-refractivity contribution is 7.11. The Morgan fingerprint density at radius 2 is 2.04 bits per heavy atom. The number of benzene rings is 1. The molecule has 1 unspecified atom stereocenters. The Bertz CT molecular complexity index is 736. The van der Waals surface area contributed by atoms with Crippen LogP contribution in [0.2, 0.25) is 10.0 Å². The Balaban J connectivity index is 1.99. The minimum absolute atomic E-state index is 0.0106. The van der Waals surface area contributed by atoms with Crippen molar-refractivity contribution in [2.45, 2.75) is 45.7 Å². The SMILES string of the molecule is CC(NC(N)=NCc1nnc(C(C)(C)C)s1)c1ccc(Cl)cc1Cl. The van der Waals surface area contributed by atoms with Gasteiger partial charge in [0.15, 0.2) is 5.96 Å². The van der Waals surface area contributed by atoms with E-state index in [0.29, 0.717) is 22.5 Å². The van der Waals surface area contributed by atoms with Gasteiger partial charge in [-0.3, -0.25) is 0 Å². The monoisotopic (exact) mass is 385 g/mol. The van der Waals surface area contributed by atoms with E-state index in [1.54, 1.807) is 23.5 Å². The molecule has 0 aliphatic heterocycles. The van der Waals surface area contributed by atoms with Gasteiger partial charge in [-0.2, -0.15) is 0 Å². The minimum Gasteiger partial charge on any atom is -0.370 e. The highest BCUT2D eigenvalue weighted by atomic mass is 35.5. The predicted molar refractivity (Wildman–Crippen MR) is 102 cm³/mol. The Labute approximate surface area is 156 Å². The summed E-state index contributed by atoms with van der Waals surface area (Å²) < 4.78 is 0. The van der Waals surface area contributed by atoms with Gasteiger partial charge in [0.25, 0.3) is 0 Å². The fourth-order valence-electron chi connectivity index (χ4n) is 1.97. The third-order valence-electron chi connectivity index (χ3n) is 3.29. The molecular formula is C16H21Cl2N5S. The standard InChI is InChI=1S/C16H21Cl2N5S/c1-9(11-6-5-10(17)7-12(11)18)21-15(19)20-8-13-22-23-14(24-13)16(2,3)4/h5-7,9H,8H2,1-4H3,(H3,19,20,21). The molecule has 0 spiro atoms. The zero-order chi connectivity index (χ0) is 17.9. The first-order valence-corrected chi connectivity index (χ1v) is 9.08. The Morgan fingerprint density at radius 1 is 1.33 bits per heavy atom. The number of aliphatic imine (C=N–C) groups is 1. The summed E-state index contributed by atoms with van der Waals surface area (Å²) in [5.74, 6) is 0.334. The third kappa shape index (κ3) is 5.06. The molecule has 8 heteroatoms. The first kappa shape index (κ1) is 19.0. The number of rotatable bonds is 4. The van der Waals surface area contributed by atoms with E-state index in [4.69, 9.17) is 28.9 Å². The van der Waals surface area contributed by atoms with Crippen LogP contribution in [0.15, 0.2) is 23.2 Å². The zero-order valence-electron chi connectivity index (χ0n) is 14.1. The number of hydrogen-bond acceptors (Lipinski definition) is 4. The maximum Gasteiger partial charge on any atom is 0.189 e. The van der Waals surface area contributed by atoms with E-state index < -0.39 is 0 Å². The van der Waals surface area contributed by atoms with E-state index >= 15 is 0 Å². The van der Waals surface area contributed by atoms with Crippen LogP contribution in [0.4, 0.5) is 0 Å². The van der Waals surface area contributed by atoms with Crippen molar-refractivity contribution in [2.75, 3.05) is 0 Å². The molecule has 0 radical (unpaired) electrons. The Kier molecular flexibility index (Phi) is 6.06. The maximum atomic E-state index is 6.20. The molecule has 5 nitrogen and oxygen atoms in total. The summed E-state index contributed by atoms with van der Waals surface area (Å²) in [6, 6.07) is 5.29. The number of aromatic nitrogens is 2. The largest absolute Gasteiger partial charge is 0.370 e. The van der Waals surface area contributed by atoms with Gasteiger partial charge in [-0.25, -0.2) is 4.99 Å². The van der Waals surface area contributed by atoms with E-state index in [-0.39, 0.29) is 11.5 Å². The summed E-state index contributed by atoms with van der Waals surface area (Å²) >= 11 is 13.7. The highest BCUT2D eigenvalue weighted by Crippen LogP contribution is 2.27. The average molecular weight is 386 g/mol. The molecule has 130 valence electrons. The van der Waals surface area contributed by atoms with Crippen LogP contribution in [-0.2, 0) is 12.0 Å². The van der Waals surface area contributed by atoms with Gasteiger partial charge >= 0.3 is 0 Å². The van der Waals surface area contributed by atoms with Gasteiger partial charge in [-0.15, -0.1) is 10.2 Å². The van der Waals surface area contributed by atoms with Gasteiger partial charge in [-0.05, 0) is 24.6 Å². The fourth-order valence-corrected chi connectivity index (χ4v) is 3.37. The van der Waals surface area contributed by atoms with E-state index in [2.05, 4.69) is 41.3 Å². The molecule has 2 aromatic rings. The van der Waals surface area contributed by atoms with Crippen LogP contribution < -0.4 is 11.1 Å². The van der Waals surface area contributed by atoms with Crippen molar-refractivity contribution in [3.8, 4) is 0 Å². The second kappa shape index (κ2) is 7.68. The van der Waals surface area contributed by atoms with Gasteiger partial charge < -0.3 is 11.1 Å². The molecule has 0 amide bonds. The van der Waals surface area contributed by atoms with Crippen LogP contribution in [0.3, 0.4) is 0 Å². The number of guanidine groups is 1. The van der Waals surface area contributed by atoms with E-state index in [0.717, 1.165) is 15.6 Å². The van der Waals surface area contributed by atoms with Crippen LogP contribution in [0.5, 0.6) is 0 Å². The van der Waals surface area contributed by atoms with Crippen molar-refractivity contribution in [1.29, 1.82) is 0 Å². The molecule has 24 heavy (non-hydrogen) atoms. The molecule has 0 bridgehead atoms. The van der Waals surface area contributed by atoms with Crippen LogP contribution in [0.1, 0.15) is 49.3 Å². The molecular weight excluding hydrogens is 365 g/mol. The number of nitrogens with two attached hydrogens (primary N) is 1. The highest BCUT2D eigenvalue weighted by Gasteiger charge is 2.19. The van der Waals surface area contributed by atoms with Gasteiger partial charge in [0.1, 0.15) is 10.0 Å². The van der Waals surface area contributed by atoms with Gasteiger partial charge in [0, 0.05) is 15.5 Å². The Morgan fingerprint density at radius 3 is 2.62 bits per heavy atom. The summed E-state index contributed by atoms with van der Waals surface area (Å²) in [5, 5.41) is 14.5. The molecule has 0 aliphatic rings. The molecule has 0 aliphatic carbocycles. The van der Waals surface area contributed by atoms with Crippen molar-refractivity contribution in [3.63, 3.8) is 0 Å². The first-order valence-electron chi connectivity index (χ1n) is 7.51. The molecule has 0 saturated heterocycles. The summed E-state index contributed by atoms with van der Waals surface area (Å²) in [6.07, 6.45) is 0. The van der Waals surface area contributed by atoms with Crippen LogP contribution in [0, 0.1) is 0 Å². The van der Waals surface area contributed by atoms with Crippen molar-refractivity contribution in [1.82, 2.24) is 15.5 Å². The molecule has 3 N–H and O–H groups in total. The maximum absolute atomic E-state index is 6.20. The summed E-state index contributed by atoms with van der Waals surface area (Å²) in [6.45, 7) is 8.67. The van der Waals surface area contributed by atoms with Crippen molar-refractivity contribution >= 4 is 40.5 Å². The summed E-state index contributed by atoms with van der Waals surface area (Å²) in [4.78, 5) is 4.32. The lowest BCUT2D eigenvalue weighted by Gasteiger charge is -2.16. The summed E-state index contributed by atoms with van der Waals surface area (Å²) in [7, 11) is 0. The second-order valence-electron chi connectivity index (χ2n) is 6.48. The van der Waals surface area contributed by atoms with Gasteiger partial charge in [-0.1, -0.05) is 61.4 Å². The van der Waals surface area contributed by atoms with Crippen LogP contribution in [-0.4, -0.2) is 16.2 Å². The topological polar surface area (TPSA) is 76.2 Å². The second-order valence-corrected chi connectivity index (χ2v) is 8.39. The average Bonchev–Trinajstić information content (AvgIpc) is 2.93. The number of nitrogens with zero attached hydrogens (tertiary/aromatic N) is 3. The molecule has 1 aromatic heterocycles. The summed E-state index contributed by atoms with van der Waals surface area (Å²) in [5.41, 5.74) is 6.86. The number of hydrogen-bond donors (Lipinski definition) is 2. The number of nitrogens with one attached hydrogen (secondary N) is 1. The quantitative estimate of drug-likeness (QED) is 0.607. The number of halogens is 2. The molecule has 0 fully saturated rings. The molecule has 0 saturated carbocycles. The van der Waals surface area contributed by atoms with Crippen molar-refractivity contribution in [2.24, 2.45) is 10.7 Å². The van der Waals surface area contributed by atoms with E-state index in [9.17, 15) is 0 Å². The van der Waals surface area contributed by atoms with Crippen LogP contribution in [0.25, 0.3) is 0 Å². The third-order valence-corrected chi connectivity index (χ3v) is 5.18. The lowest BCUT2D eigenvalue weighted by Crippen LogP contribution is -2.34. The minimum atomic E-state index is -0.0851. The predicted octanol–water partition coefficient (Wildman–Crippen LogP) is 4.31. The van der Waals surface area contributed by atoms with Crippen molar-refractivity contribution in [3.05, 3.63) is 43.8 Å². The Hall–Kier alpha value is -1.37. The van der Waals surface area contributed by atoms with Crippen molar-refractivity contribution < 1.29 is 0 Å². The van der Waals surface area contributed by atoms with E-state index in [1.807, 2.05) is 13.0 Å². The molecule has 2 rings (SSSR count). The lowest BCUT2D eigenvalue weighted by molar-refractivity contribution is 0.577. The molecule has 1 aromatic carbocycles. The first-order chi connectivity index (χ1) is 11.2. The zero-order valence-corrected chi connectivity index (χ0v) is 16.4. The lowest BCUT2D eigenvalue weighted by atomic mass is 9.98.